The van der Waals surface area contributed by atoms with Gasteiger partial charge in [-0.1, -0.05) is 12.1 Å². The number of aliphatic hydroxyl groups is 1. The van der Waals surface area contributed by atoms with Gasteiger partial charge < -0.3 is 5.11 Å². The second-order valence-electron chi connectivity index (χ2n) is 3.43. The lowest BCUT2D eigenvalue weighted by molar-refractivity contribution is -0.106. The quantitative estimate of drug-likeness (QED) is 0.674. The highest BCUT2D eigenvalue weighted by Gasteiger charge is 1.92. The van der Waals surface area contributed by atoms with E-state index in [9.17, 15) is 13.6 Å². The largest absolute Gasteiger partial charge is 0.389 e. The van der Waals surface area contributed by atoms with Gasteiger partial charge in [0.05, 0.1) is 6.61 Å². The van der Waals surface area contributed by atoms with Crippen molar-refractivity contribution < 1.29 is 18.7 Å². The van der Waals surface area contributed by atoms with Crippen LogP contribution in [0.15, 0.2) is 46.7 Å². The highest BCUT2D eigenvalue weighted by molar-refractivity contribution is 7.11. The van der Waals surface area contributed by atoms with Crippen molar-refractivity contribution in [2.24, 2.45) is 0 Å². The lowest BCUT2D eigenvalue weighted by atomic mass is 10.4. The fourth-order valence-electron chi connectivity index (χ4n) is 1.12. The summed E-state index contributed by atoms with van der Waals surface area (Å²) in [6.07, 6.45) is 2.72. The third kappa shape index (κ3) is 6.51. The normalized spacial score (nSPS) is 11.8. The van der Waals surface area contributed by atoms with Gasteiger partial charge in [0.15, 0.2) is 12.1 Å². The Kier molecular flexibility index (Phi) is 7.64. The summed E-state index contributed by atoms with van der Waals surface area (Å²) in [6.45, 7) is -0.516. The minimum absolute atomic E-state index is 0.194. The van der Waals surface area contributed by atoms with Crippen molar-refractivity contribution in [1.82, 2.24) is 0 Å². The number of aliphatic hydroxyl groups excluding tert-OH is 1. The summed E-state index contributed by atoms with van der Waals surface area (Å²) in [6, 6.07) is 7.17. The van der Waals surface area contributed by atoms with Gasteiger partial charge in [0.1, 0.15) is 5.83 Å². The van der Waals surface area contributed by atoms with E-state index >= 15 is 0 Å². The number of hydrogen-bond acceptors (Lipinski definition) is 4. The molecule has 1 N–H and O–H groups in total. The van der Waals surface area contributed by atoms with E-state index in [0.717, 1.165) is 9.75 Å². The number of carbonyl (C=O) groups excluding carboxylic acids is 1. The first-order valence-electron chi connectivity index (χ1n) is 5.52. The average molecular weight is 314 g/mol. The predicted molar refractivity (Wildman–Crippen MR) is 80.0 cm³/mol. The van der Waals surface area contributed by atoms with Gasteiger partial charge >= 0.3 is 0 Å². The van der Waals surface area contributed by atoms with Crippen LogP contribution in [0.2, 0.25) is 0 Å². The standard InChI is InChI=1S/C7H7FOS.C7H5FOS/c2*8-6(5-9)4-7-2-1-3-10-7/h1-4,9H,5H2;1-5H. The zero-order valence-electron chi connectivity index (χ0n) is 10.3. The number of allylic oxidation sites excluding steroid dienone is 1. The zero-order valence-corrected chi connectivity index (χ0v) is 12.0. The SMILES string of the molecule is O=CC(F)=Cc1cccs1.OCC(F)=Cc1cccs1. The van der Waals surface area contributed by atoms with Gasteiger partial charge in [0, 0.05) is 9.75 Å². The first-order chi connectivity index (χ1) is 9.65. The Morgan fingerprint density at radius 1 is 1.10 bits per heavy atom. The molecule has 0 spiro atoms. The van der Waals surface area contributed by atoms with Gasteiger partial charge in [-0.3, -0.25) is 4.79 Å². The Bertz CT molecular complexity index is 558. The molecule has 0 atom stereocenters. The Labute approximate surface area is 123 Å². The number of carbonyl (C=O) groups is 1. The van der Waals surface area contributed by atoms with Crippen LogP contribution < -0.4 is 0 Å². The van der Waals surface area contributed by atoms with Crippen molar-refractivity contribution in [3.63, 3.8) is 0 Å². The molecule has 2 heterocycles. The molecule has 106 valence electrons. The third-order valence-corrected chi connectivity index (χ3v) is 3.57. The fraction of sp³-hybridized carbons (Fsp3) is 0.0714. The maximum atomic E-state index is 12.3. The topological polar surface area (TPSA) is 37.3 Å². The molecule has 2 nitrogen and oxygen atoms in total. The second kappa shape index (κ2) is 9.30. The van der Waals surface area contributed by atoms with E-state index in [4.69, 9.17) is 5.11 Å². The Morgan fingerprint density at radius 3 is 2.05 bits per heavy atom. The summed E-state index contributed by atoms with van der Waals surface area (Å²) < 4.78 is 24.5. The Hall–Kier alpha value is -1.63. The summed E-state index contributed by atoms with van der Waals surface area (Å²) in [5, 5.41) is 12.0. The molecule has 20 heavy (non-hydrogen) atoms. The molecule has 0 saturated carbocycles. The molecule has 2 aromatic heterocycles. The lowest BCUT2D eigenvalue weighted by Gasteiger charge is -1.86. The van der Waals surface area contributed by atoms with Crippen molar-refractivity contribution >= 4 is 41.1 Å². The number of halogens is 2. The average Bonchev–Trinajstić information content (AvgIpc) is 3.12. The second-order valence-corrected chi connectivity index (χ2v) is 5.39. The van der Waals surface area contributed by atoms with Crippen LogP contribution in [0.5, 0.6) is 0 Å². The minimum Gasteiger partial charge on any atom is -0.389 e. The number of thiophene rings is 2. The molecule has 0 fully saturated rings. The monoisotopic (exact) mass is 314 g/mol. The molecular formula is C14H12F2O2S2. The summed E-state index contributed by atoms with van der Waals surface area (Å²) in [4.78, 5) is 11.4. The molecule has 0 unspecified atom stereocenters. The van der Waals surface area contributed by atoms with E-state index in [1.165, 1.54) is 34.8 Å². The van der Waals surface area contributed by atoms with Crippen LogP contribution in [-0.2, 0) is 4.79 Å². The molecule has 0 bridgehead atoms. The minimum atomic E-state index is -0.734. The van der Waals surface area contributed by atoms with Gasteiger partial charge in [0.25, 0.3) is 0 Å². The van der Waals surface area contributed by atoms with Gasteiger partial charge in [-0.15, -0.1) is 22.7 Å². The van der Waals surface area contributed by atoms with Crippen molar-refractivity contribution in [3.05, 3.63) is 56.4 Å². The zero-order chi connectivity index (χ0) is 14.8. The van der Waals surface area contributed by atoms with E-state index in [-0.39, 0.29) is 6.29 Å². The van der Waals surface area contributed by atoms with E-state index in [0.29, 0.717) is 0 Å². The van der Waals surface area contributed by atoms with Gasteiger partial charge in [-0.25, -0.2) is 8.78 Å². The predicted octanol–water partition coefficient (Wildman–Crippen LogP) is 4.31. The highest BCUT2D eigenvalue weighted by atomic mass is 32.1. The molecule has 0 aliphatic carbocycles. The van der Waals surface area contributed by atoms with E-state index < -0.39 is 18.3 Å². The molecule has 2 aromatic rings. The van der Waals surface area contributed by atoms with Gasteiger partial charge in [0.2, 0.25) is 0 Å². The van der Waals surface area contributed by atoms with Crippen LogP contribution in [0.25, 0.3) is 12.2 Å². The van der Waals surface area contributed by atoms with Crippen LogP contribution >= 0.6 is 22.7 Å². The summed E-state index contributed by atoms with van der Waals surface area (Å²) in [5.74, 6) is -1.23. The molecule has 6 heteroatoms. The molecule has 0 aliphatic heterocycles. The number of rotatable bonds is 4. The molecule has 0 aromatic carbocycles. The third-order valence-electron chi connectivity index (χ3n) is 1.93. The van der Waals surface area contributed by atoms with Gasteiger partial charge in [-0.2, -0.15) is 0 Å². The highest BCUT2D eigenvalue weighted by Crippen LogP contribution is 2.13. The first-order valence-corrected chi connectivity index (χ1v) is 7.28. The maximum absolute atomic E-state index is 12.3. The summed E-state index contributed by atoms with van der Waals surface area (Å²) in [5.41, 5.74) is 0. The fourth-order valence-corrected chi connectivity index (χ4v) is 2.44. The molecule has 2 rings (SSSR count). The molecule has 0 saturated heterocycles. The number of aldehydes is 1. The molecule has 0 radical (unpaired) electrons. The molecule has 0 amide bonds. The van der Waals surface area contributed by atoms with E-state index in [2.05, 4.69) is 0 Å². The van der Waals surface area contributed by atoms with Crippen molar-refractivity contribution in [3.8, 4) is 0 Å². The van der Waals surface area contributed by atoms with Crippen LogP contribution in [0.1, 0.15) is 9.75 Å². The Balaban J connectivity index is 0.000000200. The lowest BCUT2D eigenvalue weighted by Crippen LogP contribution is -1.79. The Morgan fingerprint density at radius 2 is 1.65 bits per heavy atom. The summed E-state index contributed by atoms with van der Waals surface area (Å²) >= 11 is 2.83. The van der Waals surface area contributed by atoms with E-state index in [1.807, 2.05) is 16.8 Å². The van der Waals surface area contributed by atoms with Crippen LogP contribution in [0, 0.1) is 0 Å². The van der Waals surface area contributed by atoms with E-state index in [1.54, 1.807) is 18.2 Å². The van der Waals surface area contributed by atoms with Crippen molar-refractivity contribution in [2.45, 2.75) is 0 Å². The van der Waals surface area contributed by atoms with Gasteiger partial charge in [-0.05, 0) is 35.0 Å². The maximum Gasteiger partial charge on any atom is 0.178 e. The molecular weight excluding hydrogens is 302 g/mol. The molecule has 0 aliphatic rings. The number of hydrogen-bond donors (Lipinski definition) is 1. The van der Waals surface area contributed by atoms with Crippen LogP contribution in [0.4, 0.5) is 8.78 Å². The van der Waals surface area contributed by atoms with Crippen LogP contribution in [-0.4, -0.2) is 18.0 Å². The van der Waals surface area contributed by atoms with Crippen LogP contribution in [0.3, 0.4) is 0 Å². The summed E-state index contributed by atoms with van der Waals surface area (Å²) in [7, 11) is 0. The van der Waals surface area contributed by atoms with Crippen molar-refractivity contribution in [2.75, 3.05) is 6.61 Å². The van der Waals surface area contributed by atoms with Crippen molar-refractivity contribution in [1.29, 1.82) is 0 Å². The smallest absolute Gasteiger partial charge is 0.178 e. The first kappa shape index (κ1) is 16.4.